The molecule has 6 heteroatoms. The molecule has 0 aliphatic carbocycles. The van der Waals surface area contributed by atoms with E-state index in [4.69, 9.17) is 0 Å². The van der Waals surface area contributed by atoms with E-state index in [-0.39, 0.29) is 10.7 Å². The summed E-state index contributed by atoms with van der Waals surface area (Å²) in [5.74, 6) is -1.27. The first kappa shape index (κ1) is 12.8. The van der Waals surface area contributed by atoms with Gasteiger partial charge in [-0.2, -0.15) is 0 Å². The summed E-state index contributed by atoms with van der Waals surface area (Å²) >= 11 is 1.15. The Hall–Kier alpha value is -2.21. The van der Waals surface area contributed by atoms with Gasteiger partial charge in [-0.15, -0.1) is 0 Å². The van der Waals surface area contributed by atoms with Crippen molar-refractivity contribution < 1.29 is 14.3 Å². The summed E-state index contributed by atoms with van der Waals surface area (Å²) in [6.45, 7) is 1.88. The zero-order valence-corrected chi connectivity index (χ0v) is 11.4. The van der Waals surface area contributed by atoms with E-state index in [2.05, 4.69) is 4.98 Å². The van der Waals surface area contributed by atoms with Gasteiger partial charge in [0.25, 0.3) is 0 Å². The fourth-order valence-corrected chi connectivity index (χ4v) is 3.19. The van der Waals surface area contributed by atoms with Crippen molar-refractivity contribution in [2.75, 3.05) is 0 Å². The molecule has 0 radical (unpaired) electrons. The second-order valence-electron chi connectivity index (χ2n) is 4.50. The molecule has 0 saturated heterocycles. The Morgan fingerprint density at radius 1 is 1.40 bits per heavy atom. The topological polar surface area (TPSA) is 54.6 Å². The van der Waals surface area contributed by atoms with Gasteiger partial charge in [-0.3, -0.25) is 4.40 Å². The van der Waals surface area contributed by atoms with Crippen molar-refractivity contribution in [3.8, 4) is 0 Å². The van der Waals surface area contributed by atoms with Crippen LogP contribution in [0.4, 0.5) is 4.39 Å². The smallest absolute Gasteiger partial charge is 0.347 e. The number of aromatic carboxylic acids is 1. The number of rotatable bonds is 3. The average Bonchev–Trinajstić information content (AvgIpc) is 2.94. The molecule has 1 N–H and O–H groups in total. The van der Waals surface area contributed by atoms with Gasteiger partial charge in [-0.25, -0.2) is 14.2 Å². The highest BCUT2D eigenvalue weighted by Gasteiger charge is 2.20. The third-order valence-electron chi connectivity index (χ3n) is 3.11. The Morgan fingerprint density at radius 3 is 2.75 bits per heavy atom. The molecule has 2 aromatic heterocycles. The van der Waals surface area contributed by atoms with Crippen LogP contribution in [0.1, 0.15) is 26.6 Å². The van der Waals surface area contributed by atoms with Gasteiger partial charge in [0.2, 0.25) is 0 Å². The summed E-state index contributed by atoms with van der Waals surface area (Å²) in [7, 11) is 0. The van der Waals surface area contributed by atoms with Gasteiger partial charge >= 0.3 is 5.97 Å². The highest BCUT2D eigenvalue weighted by Crippen LogP contribution is 2.26. The lowest BCUT2D eigenvalue weighted by molar-refractivity contribution is 0.0700. The number of benzene rings is 1. The summed E-state index contributed by atoms with van der Waals surface area (Å²) in [5.41, 5.74) is 2.43. The molecule has 0 saturated carbocycles. The number of aryl methyl sites for hydroxylation is 1. The predicted octanol–water partition coefficient (Wildman–Crippen LogP) is 3.13. The van der Waals surface area contributed by atoms with Gasteiger partial charge in [0.15, 0.2) is 4.96 Å². The van der Waals surface area contributed by atoms with E-state index in [0.29, 0.717) is 17.1 Å². The molecule has 4 nitrogen and oxygen atoms in total. The normalized spacial score (nSPS) is 11.1. The van der Waals surface area contributed by atoms with Crippen molar-refractivity contribution in [3.63, 3.8) is 0 Å². The van der Waals surface area contributed by atoms with E-state index in [1.807, 2.05) is 11.3 Å². The van der Waals surface area contributed by atoms with E-state index in [1.165, 1.54) is 12.1 Å². The van der Waals surface area contributed by atoms with Crippen molar-refractivity contribution in [2.24, 2.45) is 0 Å². The predicted molar refractivity (Wildman–Crippen MR) is 74.0 cm³/mol. The second kappa shape index (κ2) is 4.72. The van der Waals surface area contributed by atoms with Crippen molar-refractivity contribution >= 4 is 22.3 Å². The van der Waals surface area contributed by atoms with E-state index in [1.54, 1.807) is 18.3 Å². The maximum atomic E-state index is 12.9. The number of carbonyl (C=O) groups is 1. The minimum atomic E-state index is -0.961. The van der Waals surface area contributed by atoms with Crippen LogP contribution in [0.25, 0.3) is 4.96 Å². The van der Waals surface area contributed by atoms with Gasteiger partial charge in [-0.05, 0) is 24.6 Å². The van der Waals surface area contributed by atoms with Crippen LogP contribution in [-0.2, 0) is 6.42 Å². The first-order valence-electron chi connectivity index (χ1n) is 5.99. The summed E-state index contributed by atoms with van der Waals surface area (Å²) in [4.78, 5) is 16.5. The van der Waals surface area contributed by atoms with E-state index in [0.717, 1.165) is 22.6 Å². The molecule has 2 heterocycles. The number of imidazole rings is 1. The van der Waals surface area contributed by atoms with Gasteiger partial charge in [-0.1, -0.05) is 23.5 Å². The summed E-state index contributed by atoms with van der Waals surface area (Å²) in [5, 5.41) is 9.31. The van der Waals surface area contributed by atoms with E-state index >= 15 is 0 Å². The quantitative estimate of drug-likeness (QED) is 0.806. The van der Waals surface area contributed by atoms with Crippen LogP contribution < -0.4 is 0 Å². The minimum Gasteiger partial charge on any atom is -0.477 e. The molecule has 1 aromatic carbocycles. The Morgan fingerprint density at radius 2 is 2.10 bits per heavy atom. The first-order chi connectivity index (χ1) is 9.56. The fraction of sp³-hybridized carbons (Fsp3) is 0.143. The number of hydrogen-bond donors (Lipinski definition) is 1. The summed E-state index contributed by atoms with van der Waals surface area (Å²) in [6, 6.07) is 6.08. The molecule has 0 aliphatic heterocycles. The largest absolute Gasteiger partial charge is 0.477 e. The highest BCUT2D eigenvalue weighted by molar-refractivity contribution is 7.19. The molecule has 3 rings (SSSR count). The average molecular weight is 290 g/mol. The molecular formula is C14H11FN2O2S. The number of aromatic nitrogens is 2. The maximum absolute atomic E-state index is 12.9. The maximum Gasteiger partial charge on any atom is 0.347 e. The van der Waals surface area contributed by atoms with Gasteiger partial charge < -0.3 is 5.11 Å². The van der Waals surface area contributed by atoms with Crippen LogP contribution in [-0.4, -0.2) is 20.5 Å². The number of thiazole rings is 1. The van der Waals surface area contributed by atoms with E-state index < -0.39 is 5.97 Å². The van der Waals surface area contributed by atoms with Crippen LogP contribution >= 0.6 is 11.3 Å². The number of carboxylic acid groups (broad SMARTS) is 1. The number of fused-ring (bicyclic) bond motifs is 1. The SMILES string of the molecule is Cc1cnc2sc(C(=O)O)c(Cc3ccc(F)cc3)n12. The first-order valence-corrected chi connectivity index (χ1v) is 6.81. The molecule has 102 valence electrons. The minimum absolute atomic E-state index is 0.278. The van der Waals surface area contributed by atoms with Crippen LogP contribution in [0.15, 0.2) is 30.5 Å². The standard InChI is InChI=1S/C14H11FN2O2S/c1-8-7-16-14-17(8)11(12(20-14)13(18)19)6-9-2-4-10(15)5-3-9/h2-5,7H,6H2,1H3,(H,18,19). The van der Waals surface area contributed by atoms with Crippen molar-refractivity contribution in [1.82, 2.24) is 9.38 Å². The Labute approximate surface area is 118 Å². The molecular weight excluding hydrogens is 279 g/mol. The lowest BCUT2D eigenvalue weighted by Crippen LogP contribution is -2.03. The molecule has 0 aliphatic rings. The van der Waals surface area contributed by atoms with E-state index in [9.17, 15) is 14.3 Å². The molecule has 3 aromatic rings. The third kappa shape index (κ3) is 2.08. The molecule has 0 spiro atoms. The van der Waals surface area contributed by atoms with Gasteiger partial charge in [0, 0.05) is 18.3 Å². The van der Waals surface area contributed by atoms with Crippen LogP contribution in [0, 0.1) is 12.7 Å². The summed E-state index contributed by atoms with van der Waals surface area (Å²) in [6.07, 6.45) is 2.14. The van der Waals surface area contributed by atoms with Gasteiger partial charge in [0.05, 0.1) is 5.69 Å². The van der Waals surface area contributed by atoms with Crippen LogP contribution in [0.5, 0.6) is 0 Å². The van der Waals surface area contributed by atoms with Crippen molar-refractivity contribution in [2.45, 2.75) is 13.3 Å². The van der Waals surface area contributed by atoms with Crippen molar-refractivity contribution in [3.05, 3.63) is 58.1 Å². The molecule has 0 atom stereocenters. The second-order valence-corrected chi connectivity index (χ2v) is 5.48. The Bertz CT molecular complexity index is 789. The molecule has 0 unspecified atom stereocenters. The van der Waals surface area contributed by atoms with Crippen LogP contribution in [0.2, 0.25) is 0 Å². The molecule has 0 fully saturated rings. The van der Waals surface area contributed by atoms with Gasteiger partial charge in [0.1, 0.15) is 10.7 Å². The Kier molecular flexibility index (Phi) is 3.02. The molecule has 0 amide bonds. The third-order valence-corrected chi connectivity index (χ3v) is 4.20. The zero-order chi connectivity index (χ0) is 14.3. The zero-order valence-electron chi connectivity index (χ0n) is 10.6. The van der Waals surface area contributed by atoms with Crippen LogP contribution in [0.3, 0.4) is 0 Å². The Balaban J connectivity index is 2.12. The molecule has 20 heavy (non-hydrogen) atoms. The molecule has 0 bridgehead atoms. The lowest BCUT2D eigenvalue weighted by atomic mass is 10.1. The lowest BCUT2D eigenvalue weighted by Gasteiger charge is -2.04. The number of nitrogens with zero attached hydrogens (tertiary/aromatic N) is 2. The van der Waals surface area contributed by atoms with Crippen molar-refractivity contribution in [1.29, 1.82) is 0 Å². The fourth-order valence-electron chi connectivity index (χ4n) is 2.19. The monoisotopic (exact) mass is 290 g/mol. The highest BCUT2D eigenvalue weighted by atomic mass is 32.1. The summed E-state index contributed by atoms with van der Waals surface area (Å²) < 4.78 is 14.8. The number of carboxylic acids is 1. The number of hydrogen-bond acceptors (Lipinski definition) is 3. The number of halogens is 1.